The molecule has 2 aromatic carbocycles. The van der Waals surface area contributed by atoms with Gasteiger partial charge >= 0.3 is 0 Å². The Labute approximate surface area is 190 Å². The molecule has 0 bridgehead atoms. The number of carbonyl (C=O) groups excluding carboxylic acids is 1. The van der Waals surface area contributed by atoms with Crippen LogP contribution in [0.3, 0.4) is 0 Å². The van der Waals surface area contributed by atoms with Gasteiger partial charge in [-0.25, -0.2) is 4.98 Å². The number of non-ortho nitro benzene ring substituents is 2. The van der Waals surface area contributed by atoms with Gasteiger partial charge < -0.3 is 14.5 Å². The summed E-state index contributed by atoms with van der Waals surface area (Å²) in [5, 5.41) is 23.5. The number of aromatic nitrogens is 1. The number of amides is 1. The lowest BCUT2D eigenvalue weighted by Crippen LogP contribution is -2.48. The smallest absolute Gasteiger partial charge is 0.277 e. The first kappa shape index (κ1) is 21.7. The largest absolute Gasteiger partial charge is 0.494 e. The Bertz CT molecular complexity index is 1210. The maximum Gasteiger partial charge on any atom is 0.277 e. The molecule has 166 valence electrons. The monoisotopic (exact) mass is 477 g/mol. The van der Waals surface area contributed by atoms with E-state index in [0.29, 0.717) is 42.5 Å². The van der Waals surface area contributed by atoms with Crippen molar-refractivity contribution in [2.24, 2.45) is 0 Å². The van der Waals surface area contributed by atoms with Gasteiger partial charge in [-0.1, -0.05) is 22.9 Å². The number of hydrogen-bond donors (Lipinski definition) is 0. The molecule has 4 rings (SSSR count). The standard InChI is InChI=1S/C19H16ClN5O6S/c1-31-15-3-2-14(20)17-16(15)21-19(32-17)23-6-4-22(5-7-23)18(26)11-8-12(24(27)28)10-13(9-11)25(29)30/h2-3,8-10H,4-7H2,1H3. The number of piperazine rings is 1. The first-order valence-electron chi connectivity index (χ1n) is 9.39. The number of nitro benzene ring substituents is 2. The lowest BCUT2D eigenvalue weighted by Gasteiger charge is -2.34. The molecule has 0 saturated carbocycles. The van der Waals surface area contributed by atoms with Gasteiger partial charge in [0, 0.05) is 38.3 Å². The van der Waals surface area contributed by atoms with Crippen LogP contribution in [0.1, 0.15) is 10.4 Å². The molecule has 0 N–H and O–H groups in total. The summed E-state index contributed by atoms with van der Waals surface area (Å²) in [4.78, 5) is 41.7. The van der Waals surface area contributed by atoms with Crippen molar-refractivity contribution in [1.29, 1.82) is 0 Å². The van der Waals surface area contributed by atoms with Crippen molar-refractivity contribution < 1.29 is 19.4 Å². The number of ether oxygens (including phenoxy) is 1. The molecule has 0 atom stereocenters. The normalized spacial score (nSPS) is 13.9. The van der Waals surface area contributed by atoms with E-state index >= 15 is 0 Å². The Balaban J connectivity index is 1.52. The van der Waals surface area contributed by atoms with Crippen LogP contribution in [0.5, 0.6) is 5.75 Å². The third-order valence-corrected chi connectivity index (χ3v) is 6.65. The number of methoxy groups -OCH3 is 1. The number of fused-ring (bicyclic) bond motifs is 1. The predicted octanol–water partition coefficient (Wildman–Crippen LogP) is 3.74. The zero-order valence-electron chi connectivity index (χ0n) is 16.7. The number of thiazole rings is 1. The van der Waals surface area contributed by atoms with E-state index in [1.807, 2.05) is 4.90 Å². The average Bonchev–Trinajstić information content (AvgIpc) is 3.25. The Hall–Kier alpha value is -3.51. The predicted molar refractivity (Wildman–Crippen MR) is 119 cm³/mol. The minimum atomic E-state index is -0.756. The van der Waals surface area contributed by atoms with Crippen molar-refractivity contribution in [1.82, 2.24) is 9.88 Å². The summed E-state index contributed by atoms with van der Waals surface area (Å²) in [7, 11) is 1.56. The summed E-state index contributed by atoms with van der Waals surface area (Å²) < 4.78 is 6.16. The number of hydrogen-bond acceptors (Lipinski definition) is 9. The zero-order valence-corrected chi connectivity index (χ0v) is 18.3. The molecule has 1 saturated heterocycles. The van der Waals surface area contributed by atoms with Crippen molar-refractivity contribution in [2.75, 3.05) is 38.2 Å². The molecule has 0 spiro atoms. The molecule has 2 heterocycles. The number of anilines is 1. The molecule has 13 heteroatoms. The lowest BCUT2D eigenvalue weighted by molar-refractivity contribution is -0.394. The van der Waals surface area contributed by atoms with E-state index in [1.54, 1.807) is 19.2 Å². The number of benzene rings is 2. The molecule has 11 nitrogen and oxygen atoms in total. The van der Waals surface area contributed by atoms with Crippen LogP contribution in [0, 0.1) is 20.2 Å². The van der Waals surface area contributed by atoms with Crippen molar-refractivity contribution in [2.45, 2.75) is 0 Å². The summed E-state index contributed by atoms with van der Waals surface area (Å²) in [5.41, 5.74) is -0.416. The highest BCUT2D eigenvalue weighted by atomic mass is 35.5. The summed E-state index contributed by atoms with van der Waals surface area (Å²) in [6.45, 7) is 1.61. The van der Waals surface area contributed by atoms with Crippen LogP contribution >= 0.6 is 22.9 Å². The van der Waals surface area contributed by atoms with Gasteiger partial charge in [-0.2, -0.15) is 0 Å². The van der Waals surface area contributed by atoms with Crippen LogP contribution in [-0.2, 0) is 0 Å². The molecule has 0 unspecified atom stereocenters. The number of nitro groups is 2. The van der Waals surface area contributed by atoms with E-state index in [2.05, 4.69) is 4.98 Å². The van der Waals surface area contributed by atoms with Gasteiger partial charge in [-0.05, 0) is 12.1 Å². The van der Waals surface area contributed by atoms with Gasteiger partial charge in [-0.15, -0.1) is 0 Å². The Morgan fingerprint density at radius 2 is 1.72 bits per heavy atom. The molecule has 3 aromatic rings. The zero-order chi connectivity index (χ0) is 23.0. The van der Waals surface area contributed by atoms with E-state index < -0.39 is 27.1 Å². The second kappa shape index (κ2) is 8.55. The SMILES string of the molecule is COc1ccc(Cl)c2sc(N3CCN(C(=O)c4cc([N+](=O)[O-])cc([N+](=O)[O-])c4)CC3)nc12. The Kier molecular flexibility index (Phi) is 5.80. The van der Waals surface area contributed by atoms with Gasteiger partial charge in [0.25, 0.3) is 17.3 Å². The van der Waals surface area contributed by atoms with Crippen LogP contribution in [-0.4, -0.2) is 58.9 Å². The van der Waals surface area contributed by atoms with E-state index in [1.165, 1.54) is 16.2 Å². The van der Waals surface area contributed by atoms with E-state index in [0.717, 1.165) is 28.0 Å². The quantitative estimate of drug-likeness (QED) is 0.401. The minimum Gasteiger partial charge on any atom is -0.494 e. The first-order valence-corrected chi connectivity index (χ1v) is 10.6. The summed E-state index contributed by atoms with van der Waals surface area (Å²) in [5.74, 6) is 0.124. The van der Waals surface area contributed by atoms with Crippen LogP contribution in [0.4, 0.5) is 16.5 Å². The number of carbonyl (C=O) groups is 1. The fourth-order valence-corrected chi connectivity index (χ4v) is 4.76. The average molecular weight is 478 g/mol. The molecule has 1 amide bonds. The minimum absolute atomic E-state index is 0.0872. The second-order valence-electron chi connectivity index (χ2n) is 6.96. The number of rotatable bonds is 5. The summed E-state index contributed by atoms with van der Waals surface area (Å²) in [6.07, 6.45) is 0. The van der Waals surface area contributed by atoms with Crippen molar-refractivity contribution in [3.63, 3.8) is 0 Å². The lowest BCUT2D eigenvalue weighted by atomic mass is 10.1. The van der Waals surface area contributed by atoms with Crippen LogP contribution in [0.15, 0.2) is 30.3 Å². The highest BCUT2D eigenvalue weighted by molar-refractivity contribution is 7.22. The molecular weight excluding hydrogens is 462 g/mol. The van der Waals surface area contributed by atoms with Gasteiger partial charge in [0.15, 0.2) is 5.13 Å². The Morgan fingerprint density at radius 1 is 1.09 bits per heavy atom. The maximum absolute atomic E-state index is 12.9. The van der Waals surface area contributed by atoms with Crippen LogP contribution in [0.25, 0.3) is 10.2 Å². The van der Waals surface area contributed by atoms with Crippen molar-refractivity contribution in [3.05, 3.63) is 61.1 Å². The molecule has 1 aromatic heterocycles. The molecular formula is C19H16ClN5O6S. The molecule has 1 aliphatic rings. The topological polar surface area (TPSA) is 132 Å². The summed E-state index contributed by atoms with van der Waals surface area (Å²) in [6, 6.07) is 6.46. The number of halogens is 1. The van der Waals surface area contributed by atoms with Crippen LogP contribution in [0.2, 0.25) is 5.02 Å². The second-order valence-corrected chi connectivity index (χ2v) is 8.34. The van der Waals surface area contributed by atoms with Crippen molar-refractivity contribution in [3.8, 4) is 5.75 Å². The maximum atomic E-state index is 12.9. The third kappa shape index (κ3) is 4.01. The fraction of sp³-hybridized carbons (Fsp3) is 0.263. The Morgan fingerprint density at radius 3 is 2.28 bits per heavy atom. The van der Waals surface area contributed by atoms with E-state index in [9.17, 15) is 25.0 Å². The number of nitrogens with zero attached hydrogens (tertiary/aromatic N) is 5. The molecule has 32 heavy (non-hydrogen) atoms. The fourth-order valence-electron chi connectivity index (χ4n) is 3.45. The van der Waals surface area contributed by atoms with Gasteiger partial charge in [0.1, 0.15) is 11.3 Å². The summed E-state index contributed by atoms with van der Waals surface area (Å²) >= 11 is 7.71. The van der Waals surface area contributed by atoms with Gasteiger partial charge in [0.05, 0.1) is 38.3 Å². The highest BCUT2D eigenvalue weighted by Crippen LogP contribution is 2.39. The van der Waals surface area contributed by atoms with E-state index in [-0.39, 0.29) is 5.56 Å². The van der Waals surface area contributed by atoms with Gasteiger partial charge in [-0.3, -0.25) is 25.0 Å². The highest BCUT2D eigenvalue weighted by Gasteiger charge is 2.27. The molecule has 0 aliphatic carbocycles. The van der Waals surface area contributed by atoms with Crippen molar-refractivity contribution >= 4 is 55.6 Å². The molecule has 1 fully saturated rings. The van der Waals surface area contributed by atoms with E-state index in [4.69, 9.17) is 16.3 Å². The van der Waals surface area contributed by atoms with Crippen LogP contribution < -0.4 is 9.64 Å². The molecule has 0 radical (unpaired) electrons. The molecule has 1 aliphatic heterocycles. The first-order chi connectivity index (χ1) is 15.3. The van der Waals surface area contributed by atoms with Gasteiger partial charge in [0.2, 0.25) is 0 Å². The third-order valence-electron chi connectivity index (χ3n) is 5.08.